The summed E-state index contributed by atoms with van der Waals surface area (Å²) in [5, 5.41) is 4.35. The van der Waals surface area contributed by atoms with Crippen molar-refractivity contribution in [3.8, 4) is 5.82 Å². The number of halogens is 1. The van der Waals surface area contributed by atoms with Gasteiger partial charge in [-0.1, -0.05) is 0 Å². The minimum absolute atomic E-state index is 0.183. The Labute approximate surface area is 129 Å². The summed E-state index contributed by atoms with van der Waals surface area (Å²) in [6.45, 7) is 0. The molecule has 0 unspecified atom stereocenters. The first-order valence-corrected chi connectivity index (χ1v) is 7.45. The van der Waals surface area contributed by atoms with Crippen LogP contribution in [0.3, 0.4) is 0 Å². The highest BCUT2D eigenvalue weighted by atomic mass is 127. The number of carbonyl (C=O) groups is 1. The van der Waals surface area contributed by atoms with Crippen LogP contribution in [0.15, 0.2) is 18.3 Å². The molecular weight excluding hydrogens is 369 g/mol. The van der Waals surface area contributed by atoms with Gasteiger partial charge in [-0.3, -0.25) is 4.79 Å². The maximum atomic E-state index is 11.6. The van der Waals surface area contributed by atoms with Crippen LogP contribution in [0.1, 0.15) is 40.6 Å². The molecule has 1 amide bonds. The van der Waals surface area contributed by atoms with Gasteiger partial charge in [0.2, 0.25) is 0 Å². The summed E-state index contributed by atoms with van der Waals surface area (Å²) in [6.07, 6.45) is 4.37. The molecule has 1 aliphatic rings. The molecule has 0 bridgehead atoms. The molecule has 0 saturated heterocycles. The fourth-order valence-electron chi connectivity index (χ4n) is 2.61. The van der Waals surface area contributed by atoms with E-state index in [4.69, 9.17) is 11.5 Å². The lowest BCUT2D eigenvalue weighted by atomic mass is 9.91. The third-order valence-electron chi connectivity index (χ3n) is 3.48. The third kappa shape index (κ3) is 2.20. The Hall–Kier alpha value is -1.48. The molecule has 2 aromatic heterocycles. The average Bonchev–Trinajstić information content (AvgIpc) is 2.80. The van der Waals surface area contributed by atoms with Crippen LogP contribution >= 0.6 is 22.6 Å². The first-order chi connectivity index (χ1) is 9.58. The minimum atomic E-state index is -0.539. The molecular formula is C13H14IN5O. The Kier molecular flexibility index (Phi) is 3.47. The highest BCUT2D eigenvalue weighted by molar-refractivity contribution is 14.1. The van der Waals surface area contributed by atoms with E-state index in [2.05, 4.69) is 32.7 Å². The molecule has 1 atom stereocenters. The van der Waals surface area contributed by atoms with E-state index in [1.807, 2.05) is 12.1 Å². The number of nitrogens with zero attached hydrogens (tertiary/aromatic N) is 3. The molecule has 3 rings (SSSR count). The molecule has 2 heterocycles. The highest BCUT2D eigenvalue weighted by Crippen LogP contribution is 2.32. The van der Waals surface area contributed by atoms with Crippen LogP contribution in [0.5, 0.6) is 0 Å². The van der Waals surface area contributed by atoms with Crippen molar-refractivity contribution in [2.24, 2.45) is 11.5 Å². The van der Waals surface area contributed by atoms with Crippen LogP contribution in [0, 0.1) is 3.57 Å². The monoisotopic (exact) mass is 383 g/mol. The van der Waals surface area contributed by atoms with Gasteiger partial charge < -0.3 is 11.5 Å². The first-order valence-electron chi connectivity index (χ1n) is 6.37. The minimum Gasteiger partial charge on any atom is -0.364 e. The molecule has 0 spiro atoms. The lowest BCUT2D eigenvalue weighted by Gasteiger charge is -2.19. The SMILES string of the molecule is NC(=O)c1nn(-c2cc(I)ccn2)c2c1[C@H](N)CCC2. The Morgan fingerprint density at radius 3 is 3.00 bits per heavy atom. The largest absolute Gasteiger partial charge is 0.364 e. The summed E-state index contributed by atoms with van der Waals surface area (Å²) in [4.78, 5) is 15.9. The zero-order valence-corrected chi connectivity index (χ0v) is 12.9. The number of nitrogens with two attached hydrogens (primary N) is 2. The van der Waals surface area contributed by atoms with Gasteiger partial charge in [0, 0.05) is 21.4 Å². The van der Waals surface area contributed by atoms with Gasteiger partial charge in [0.1, 0.15) is 0 Å². The van der Waals surface area contributed by atoms with Crippen LogP contribution in [-0.4, -0.2) is 20.7 Å². The van der Waals surface area contributed by atoms with Crippen molar-refractivity contribution in [1.29, 1.82) is 0 Å². The topological polar surface area (TPSA) is 99.8 Å². The summed E-state index contributed by atoms with van der Waals surface area (Å²) >= 11 is 2.21. The van der Waals surface area contributed by atoms with Crippen molar-refractivity contribution in [1.82, 2.24) is 14.8 Å². The van der Waals surface area contributed by atoms with E-state index in [-0.39, 0.29) is 11.7 Å². The Bertz CT molecular complexity index is 681. The van der Waals surface area contributed by atoms with Crippen LogP contribution in [-0.2, 0) is 6.42 Å². The maximum Gasteiger partial charge on any atom is 0.269 e. The molecule has 20 heavy (non-hydrogen) atoms. The molecule has 6 nitrogen and oxygen atoms in total. The second-order valence-electron chi connectivity index (χ2n) is 4.82. The average molecular weight is 383 g/mol. The lowest BCUT2D eigenvalue weighted by Crippen LogP contribution is -2.22. The molecule has 0 aromatic carbocycles. The summed E-state index contributed by atoms with van der Waals surface area (Å²) in [6, 6.07) is 3.64. The summed E-state index contributed by atoms with van der Waals surface area (Å²) in [7, 11) is 0. The number of pyridine rings is 1. The first kappa shape index (κ1) is 13.5. The molecule has 104 valence electrons. The van der Waals surface area contributed by atoms with Gasteiger partial charge in [-0.15, -0.1) is 0 Å². The van der Waals surface area contributed by atoms with E-state index >= 15 is 0 Å². The Balaban J connectivity index is 2.22. The van der Waals surface area contributed by atoms with E-state index in [0.717, 1.165) is 34.1 Å². The highest BCUT2D eigenvalue weighted by Gasteiger charge is 2.29. The molecule has 7 heteroatoms. The zero-order chi connectivity index (χ0) is 14.3. The van der Waals surface area contributed by atoms with Crippen molar-refractivity contribution in [3.05, 3.63) is 38.9 Å². The number of carbonyl (C=O) groups excluding carboxylic acids is 1. The van der Waals surface area contributed by atoms with Crippen LogP contribution in [0.2, 0.25) is 0 Å². The number of amides is 1. The number of fused-ring (bicyclic) bond motifs is 1. The van der Waals surface area contributed by atoms with Crippen LogP contribution < -0.4 is 11.5 Å². The second kappa shape index (κ2) is 5.13. The zero-order valence-electron chi connectivity index (χ0n) is 10.7. The van der Waals surface area contributed by atoms with Crippen molar-refractivity contribution >= 4 is 28.5 Å². The van der Waals surface area contributed by atoms with E-state index in [9.17, 15) is 4.79 Å². The van der Waals surface area contributed by atoms with E-state index < -0.39 is 5.91 Å². The van der Waals surface area contributed by atoms with Crippen molar-refractivity contribution in [2.75, 3.05) is 0 Å². The van der Waals surface area contributed by atoms with Gasteiger partial charge in [0.25, 0.3) is 5.91 Å². The number of hydrogen-bond donors (Lipinski definition) is 2. The summed E-state index contributed by atoms with van der Waals surface area (Å²) < 4.78 is 2.76. The summed E-state index contributed by atoms with van der Waals surface area (Å²) in [5.41, 5.74) is 13.6. The molecule has 0 radical (unpaired) electrons. The van der Waals surface area contributed by atoms with Gasteiger partial charge in [0.15, 0.2) is 11.5 Å². The van der Waals surface area contributed by atoms with E-state index in [1.54, 1.807) is 10.9 Å². The smallest absolute Gasteiger partial charge is 0.269 e. The molecule has 0 fully saturated rings. The third-order valence-corrected chi connectivity index (χ3v) is 4.15. The van der Waals surface area contributed by atoms with Crippen molar-refractivity contribution in [3.63, 3.8) is 0 Å². The molecule has 2 aromatic rings. The summed E-state index contributed by atoms with van der Waals surface area (Å²) in [5.74, 6) is 0.151. The quantitative estimate of drug-likeness (QED) is 0.764. The van der Waals surface area contributed by atoms with Gasteiger partial charge >= 0.3 is 0 Å². The molecule has 4 N–H and O–H groups in total. The van der Waals surface area contributed by atoms with Crippen molar-refractivity contribution in [2.45, 2.75) is 25.3 Å². The standard InChI is InChI=1S/C13H14IN5O/c14-7-4-5-17-10(6-7)19-9-3-1-2-8(15)11(9)12(18-19)13(16)20/h4-6,8H,1-3,15H2,(H2,16,20)/t8-/m1/s1. The van der Waals surface area contributed by atoms with E-state index in [0.29, 0.717) is 5.82 Å². The van der Waals surface area contributed by atoms with Gasteiger partial charge in [0.05, 0.1) is 5.69 Å². The maximum absolute atomic E-state index is 11.6. The van der Waals surface area contributed by atoms with Crippen LogP contribution in [0.25, 0.3) is 5.82 Å². The molecule has 1 aliphatic carbocycles. The molecule has 0 saturated carbocycles. The predicted molar refractivity (Wildman–Crippen MR) is 82.5 cm³/mol. The van der Waals surface area contributed by atoms with E-state index in [1.165, 1.54) is 0 Å². The lowest BCUT2D eigenvalue weighted by molar-refractivity contribution is 0.0993. The fraction of sp³-hybridized carbons (Fsp3) is 0.308. The van der Waals surface area contributed by atoms with Crippen LogP contribution in [0.4, 0.5) is 0 Å². The van der Waals surface area contributed by atoms with Gasteiger partial charge in [-0.05, 0) is 54.0 Å². The predicted octanol–water partition coefficient (Wildman–Crippen LogP) is 1.31. The van der Waals surface area contributed by atoms with Crippen molar-refractivity contribution < 1.29 is 4.79 Å². The van der Waals surface area contributed by atoms with Gasteiger partial charge in [-0.2, -0.15) is 5.10 Å². The Morgan fingerprint density at radius 1 is 1.50 bits per heavy atom. The number of rotatable bonds is 2. The normalized spacial score (nSPS) is 17.8. The van der Waals surface area contributed by atoms with Gasteiger partial charge in [-0.25, -0.2) is 9.67 Å². The number of primary amides is 1. The number of hydrogen-bond acceptors (Lipinski definition) is 4. The number of aromatic nitrogens is 3. The Morgan fingerprint density at radius 2 is 2.30 bits per heavy atom. The fourth-order valence-corrected chi connectivity index (χ4v) is 3.05. The second-order valence-corrected chi connectivity index (χ2v) is 6.06. The molecule has 0 aliphatic heterocycles.